The van der Waals surface area contributed by atoms with E-state index in [0.717, 1.165) is 0 Å². The molecule has 0 saturated carbocycles. The molecule has 2 heteroatoms. The maximum Gasteiger partial charge on any atom is 0.239 e. The quantitative estimate of drug-likeness (QED) is 0.360. The molecule has 1 aliphatic rings. The SMILES string of the molecule is O=C1CN1. The monoisotopic (exact) mass is 57.0 g/mol. The molecule has 1 N–H and O–H groups in total. The van der Waals surface area contributed by atoms with E-state index in [2.05, 4.69) is 5.32 Å². The van der Waals surface area contributed by atoms with E-state index in [1.165, 1.54) is 0 Å². The van der Waals surface area contributed by atoms with E-state index in [0.29, 0.717) is 6.54 Å². The fraction of sp³-hybridized carbons (Fsp3) is 0.500. The molecule has 1 fully saturated rings. The molecule has 0 atom stereocenters. The highest BCUT2D eigenvalue weighted by atomic mass is 16.2. The third-order valence-corrected chi connectivity index (χ3v) is 0.321. The molecule has 0 aromatic carbocycles. The van der Waals surface area contributed by atoms with Crippen molar-refractivity contribution in [1.82, 2.24) is 5.32 Å². The molecule has 1 aliphatic heterocycles. The van der Waals surface area contributed by atoms with Crippen LogP contribution >= 0.6 is 0 Å². The van der Waals surface area contributed by atoms with E-state index in [-0.39, 0.29) is 5.91 Å². The molecule has 0 aliphatic carbocycles. The van der Waals surface area contributed by atoms with Crippen LogP contribution in [0.3, 0.4) is 0 Å². The van der Waals surface area contributed by atoms with Crippen LogP contribution in [0.15, 0.2) is 0 Å². The van der Waals surface area contributed by atoms with Gasteiger partial charge >= 0.3 is 0 Å². The van der Waals surface area contributed by atoms with Gasteiger partial charge in [0.05, 0.1) is 6.54 Å². The highest BCUT2D eigenvalue weighted by Gasteiger charge is 2.10. The van der Waals surface area contributed by atoms with E-state index in [9.17, 15) is 4.79 Å². The predicted molar refractivity (Wildman–Crippen MR) is 13.0 cm³/mol. The van der Waals surface area contributed by atoms with Gasteiger partial charge in [0.1, 0.15) is 0 Å². The largest absolute Gasteiger partial charge is 0.346 e. The second kappa shape index (κ2) is 0.267. The molecule has 1 saturated heterocycles. The van der Waals surface area contributed by atoms with Crippen LogP contribution < -0.4 is 5.32 Å². The number of amides is 1. The van der Waals surface area contributed by atoms with Gasteiger partial charge in [-0.25, -0.2) is 0 Å². The average Bonchev–Trinajstić information content (AvgIpc) is 1.75. The van der Waals surface area contributed by atoms with Gasteiger partial charge in [-0.05, 0) is 0 Å². The van der Waals surface area contributed by atoms with Gasteiger partial charge in [-0.15, -0.1) is 0 Å². The van der Waals surface area contributed by atoms with Crippen molar-refractivity contribution in [3.8, 4) is 0 Å². The topological polar surface area (TPSA) is 39.0 Å². The maximum absolute atomic E-state index is 9.44. The second-order valence-electron chi connectivity index (χ2n) is 0.777. The Bertz CT molecular complexity index is 44.0. The van der Waals surface area contributed by atoms with Gasteiger partial charge in [0.15, 0.2) is 0 Å². The summed E-state index contributed by atoms with van der Waals surface area (Å²) in [4.78, 5) is 9.44. The molecule has 22 valence electrons. The summed E-state index contributed by atoms with van der Waals surface area (Å²) in [6, 6.07) is 0. The number of hydrogen-bond acceptors (Lipinski definition) is 1. The Morgan fingerprint density at radius 3 is 2.25 bits per heavy atom. The summed E-state index contributed by atoms with van der Waals surface area (Å²) in [5.74, 6) is 0.167. The van der Waals surface area contributed by atoms with Crippen LogP contribution in [0.4, 0.5) is 0 Å². The van der Waals surface area contributed by atoms with Crippen LogP contribution in [-0.4, -0.2) is 12.5 Å². The van der Waals surface area contributed by atoms with E-state index < -0.39 is 0 Å². The minimum Gasteiger partial charge on any atom is -0.346 e. The minimum absolute atomic E-state index is 0.167. The molecular formula is C2H3NO. The molecule has 4 heavy (non-hydrogen) atoms. The summed E-state index contributed by atoms with van der Waals surface area (Å²) >= 11 is 0. The lowest BCUT2D eigenvalue weighted by molar-refractivity contribution is -0.110. The molecule has 1 rings (SSSR count). The highest BCUT2D eigenvalue weighted by Crippen LogP contribution is 1.72. The summed E-state index contributed by atoms with van der Waals surface area (Å²) in [6.45, 7) is 0.597. The van der Waals surface area contributed by atoms with Crippen LogP contribution in [0.2, 0.25) is 0 Å². The van der Waals surface area contributed by atoms with Crippen molar-refractivity contribution in [3.05, 3.63) is 0 Å². The normalized spacial score (nSPS) is 19.5. The molecule has 1 amide bonds. The van der Waals surface area contributed by atoms with Gasteiger partial charge in [0.25, 0.3) is 0 Å². The van der Waals surface area contributed by atoms with Crippen molar-refractivity contribution in [2.75, 3.05) is 6.54 Å². The second-order valence-corrected chi connectivity index (χ2v) is 0.777. The van der Waals surface area contributed by atoms with Crippen LogP contribution in [0.5, 0.6) is 0 Å². The molecule has 0 spiro atoms. The number of carbonyl (C=O) groups is 1. The van der Waals surface area contributed by atoms with Gasteiger partial charge in [-0.3, -0.25) is 4.79 Å². The van der Waals surface area contributed by atoms with Gasteiger partial charge in [0, 0.05) is 0 Å². The maximum atomic E-state index is 9.44. The summed E-state index contributed by atoms with van der Waals surface area (Å²) in [6.07, 6.45) is 0. The van der Waals surface area contributed by atoms with Crippen LogP contribution in [0.25, 0.3) is 0 Å². The van der Waals surface area contributed by atoms with E-state index in [1.54, 1.807) is 0 Å². The van der Waals surface area contributed by atoms with E-state index in [4.69, 9.17) is 0 Å². The van der Waals surface area contributed by atoms with Gasteiger partial charge in [0.2, 0.25) is 5.91 Å². The minimum atomic E-state index is 0.167. The Morgan fingerprint density at radius 1 is 2.00 bits per heavy atom. The molecular weight excluding hydrogens is 54.0 g/mol. The molecule has 0 aromatic rings. The van der Waals surface area contributed by atoms with Crippen molar-refractivity contribution in [2.45, 2.75) is 0 Å². The Morgan fingerprint density at radius 2 is 2.25 bits per heavy atom. The molecule has 0 radical (unpaired) electrons. The Hall–Kier alpha value is -0.530. The fourth-order valence-electron chi connectivity index (χ4n) is 0.0361. The molecule has 1 heterocycles. The molecule has 0 bridgehead atoms. The van der Waals surface area contributed by atoms with Crippen LogP contribution in [0.1, 0.15) is 0 Å². The van der Waals surface area contributed by atoms with Gasteiger partial charge in [-0.1, -0.05) is 0 Å². The zero-order valence-corrected chi connectivity index (χ0v) is 2.12. The number of nitrogens with one attached hydrogen (secondary N) is 1. The average molecular weight is 57.1 g/mol. The van der Waals surface area contributed by atoms with E-state index in [1.807, 2.05) is 0 Å². The van der Waals surface area contributed by atoms with Crippen molar-refractivity contribution >= 4 is 5.91 Å². The lowest BCUT2D eigenvalue weighted by Crippen LogP contribution is -1.66. The van der Waals surface area contributed by atoms with Crippen molar-refractivity contribution in [2.24, 2.45) is 0 Å². The molecule has 2 nitrogen and oxygen atoms in total. The Balaban J connectivity index is 2.60. The van der Waals surface area contributed by atoms with Crippen LogP contribution in [-0.2, 0) is 4.79 Å². The first-order valence-corrected chi connectivity index (χ1v) is 1.16. The summed E-state index contributed by atoms with van der Waals surface area (Å²) in [5.41, 5.74) is 0. The van der Waals surface area contributed by atoms with Crippen molar-refractivity contribution in [3.63, 3.8) is 0 Å². The zero-order chi connectivity index (χ0) is 2.99. The van der Waals surface area contributed by atoms with Gasteiger partial charge in [-0.2, -0.15) is 0 Å². The summed E-state index contributed by atoms with van der Waals surface area (Å²) in [7, 11) is 0. The third-order valence-electron chi connectivity index (χ3n) is 0.321. The lowest BCUT2D eigenvalue weighted by Gasteiger charge is -1.30. The number of rotatable bonds is 0. The predicted octanol–water partition coefficient (Wildman–Crippen LogP) is -0.884. The van der Waals surface area contributed by atoms with Crippen LogP contribution in [0, 0.1) is 0 Å². The smallest absolute Gasteiger partial charge is 0.239 e. The Labute approximate surface area is 23.8 Å². The standard InChI is InChI=1S/C2H3NO/c4-2-1-3-2/h1H2,(H,3,4). The zero-order valence-electron chi connectivity index (χ0n) is 2.12. The lowest BCUT2D eigenvalue weighted by atomic mass is 11.0. The first-order chi connectivity index (χ1) is 1.89. The molecule has 0 aromatic heterocycles. The first kappa shape index (κ1) is 1.76. The number of carbonyl (C=O) groups excluding carboxylic acids is 1. The van der Waals surface area contributed by atoms with Crippen molar-refractivity contribution < 1.29 is 4.79 Å². The molecule has 0 unspecified atom stereocenters. The summed E-state index contributed by atoms with van der Waals surface area (Å²) in [5, 5.41) is 2.46. The fourth-order valence-corrected chi connectivity index (χ4v) is 0.0361. The Kier molecular flexibility index (Phi) is 0.117. The van der Waals surface area contributed by atoms with Gasteiger partial charge < -0.3 is 5.32 Å². The van der Waals surface area contributed by atoms with E-state index >= 15 is 0 Å². The third kappa shape index (κ3) is 0.0532. The summed E-state index contributed by atoms with van der Waals surface area (Å²) < 4.78 is 0. The number of hydrogen-bond donors (Lipinski definition) is 1. The van der Waals surface area contributed by atoms with Crippen molar-refractivity contribution in [1.29, 1.82) is 0 Å². The first-order valence-electron chi connectivity index (χ1n) is 1.16. The highest BCUT2D eigenvalue weighted by molar-refractivity contribution is 5.91.